The van der Waals surface area contributed by atoms with Crippen LogP contribution in [0.2, 0.25) is 10.0 Å². The van der Waals surface area contributed by atoms with Crippen molar-refractivity contribution < 1.29 is 17.9 Å². The highest BCUT2D eigenvalue weighted by molar-refractivity contribution is 7.89. The molecule has 0 saturated carbocycles. The van der Waals surface area contributed by atoms with Gasteiger partial charge in [0.1, 0.15) is 10.6 Å². The number of halogens is 2. The fraction of sp³-hybridized carbons (Fsp3) is 0.350. The highest BCUT2D eigenvalue weighted by atomic mass is 35.5. The number of ether oxygens (including phenoxy) is 1. The summed E-state index contributed by atoms with van der Waals surface area (Å²) in [5, 5.41) is 3.71. The molecular formula is C20H22Cl2N2O4S. The minimum Gasteiger partial charge on any atom is -0.495 e. The van der Waals surface area contributed by atoms with Crippen LogP contribution in [0.15, 0.2) is 41.3 Å². The first-order valence-electron chi connectivity index (χ1n) is 9.23. The highest BCUT2D eigenvalue weighted by Crippen LogP contribution is 2.29. The van der Waals surface area contributed by atoms with Gasteiger partial charge in [-0.1, -0.05) is 35.7 Å². The van der Waals surface area contributed by atoms with Gasteiger partial charge in [-0.15, -0.1) is 0 Å². The smallest absolute Gasteiger partial charge is 0.251 e. The number of piperidine rings is 1. The van der Waals surface area contributed by atoms with E-state index in [9.17, 15) is 13.2 Å². The van der Waals surface area contributed by atoms with Gasteiger partial charge in [0.15, 0.2) is 0 Å². The molecule has 6 nitrogen and oxygen atoms in total. The van der Waals surface area contributed by atoms with Crippen LogP contribution in [0.5, 0.6) is 5.75 Å². The summed E-state index contributed by atoms with van der Waals surface area (Å²) in [5.41, 5.74) is 0.936. The number of amides is 1. The van der Waals surface area contributed by atoms with Gasteiger partial charge in [-0.2, -0.15) is 4.31 Å². The van der Waals surface area contributed by atoms with Crippen molar-refractivity contribution in [1.82, 2.24) is 9.62 Å². The van der Waals surface area contributed by atoms with Crippen LogP contribution in [0.1, 0.15) is 35.2 Å². The Balaban J connectivity index is 1.82. The number of methoxy groups -OCH3 is 1. The quantitative estimate of drug-likeness (QED) is 0.709. The Hall–Kier alpha value is -1.80. The molecule has 1 fully saturated rings. The van der Waals surface area contributed by atoms with Gasteiger partial charge in [0.25, 0.3) is 5.91 Å². The molecule has 0 aromatic heterocycles. The van der Waals surface area contributed by atoms with Gasteiger partial charge >= 0.3 is 0 Å². The summed E-state index contributed by atoms with van der Waals surface area (Å²) in [6.07, 6.45) is 2.66. The van der Waals surface area contributed by atoms with Crippen LogP contribution in [-0.4, -0.2) is 38.8 Å². The molecule has 2 aromatic carbocycles. The van der Waals surface area contributed by atoms with Crippen molar-refractivity contribution in [2.24, 2.45) is 0 Å². The van der Waals surface area contributed by atoms with Crippen molar-refractivity contribution in [2.45, 2.75) is 30.7 Å². The van der Waals surface area contributed by atoms with Gasteiger partial charge in [0, 0.05) is 35.2 Å². The predicted molar refractivity (Wildman–Crippen MR) is 113 cm³/mol. The largest absolute Gasteiger partial charge is 0.495 e. The molecule has 1 saturated heterocycles. The van der Waals surface area contributed by atoms with Crippen molar-refractivity contribution >= 4 is 39.1 Å². The number of nitrogens with one attached hydrogen (secondary N) is 1. The number of hydrogen-bond acceptors (Lipinski definition) is 4. The Kier molecular flexibility index (Phi) is 7.05. The third-order valence-corrected chi connectivity index (χ3v) is 7.32. The Bertz CT molecular complexity index is 1010. The maximum atomic E-state index is 13.1. The first kappa shape index (κ1) is 21.9. The van der Waals surface area contributed by atoms with Crippen molar-refractivity contribution in [3.05, 3.63) is 57.6 Å². The zero-order chi connectivity index (χ0) is 21.0. The molecule has 1 amide bonds. The Morgan fingerprint density at radius 2 is 1.83 bits per heavy atom. The van der Waals surface area contributed by atoms with Gasteiger partial charge in [-0.3, -0.25) is 4.79 Å². The van der Waals surface area contributed by atoms with Crippen molar-refractivity contribution in [2.75, 3.05) is 20.2 Å². The molecular weight excluding hydrogens is 435 g/mol. The van der Waals surface area contributed by atoms with Gasteiger partial charge in [-0.25, -0.2) is 8.42 Å². The fourth-order valence-corrected chi connectivity index (χ4v) is 5.38. The molecule has 0 atom stereocenters. The van der Waals surface area contributed by atoms with Crippen LogP contribution in [0.25, 0.3) is 0 Å². The molecule has 1 N–H and O–H groups in total. The molecule has 9 heteroatoms. The number of carbonyl (C=O) groups is 1. The third kappa shape index (κ3) is 5.04. The summed E-state index contributed by atoms with van der Waals surface area (Å²) < 4.78 is 32.9. The van der Waals surface area contributed by atoms with E-state index < -0.39 is 15.9 Å². The average Bonchev–Trinajstić information content (AvgIpc) is 2.73. The molecule has 0 aliphatic carbocycles. The van der Waals surface area contributed by atoms with Gasteiger partial charge in [-0.05, 0) is 48.7 Å². The number of sulfonamides is 1. The van der Waals surface area contributed by atoms with Crippen molar-refractivity contribution in [3.8, 4) is 5.75 Å². The highest BCUT2D eigenvalue weighted by Gasteiger charge is 2.29. The van der Waals surface area contributed by atoms with E-state index >= 15 is 0 Å². The van der Waals surface area contributed by atoms with E-state index in [0.29, 0.717) is 28.7 Å². The molecule has 1 heterocycles. The minimum absolute atomic E-state index is 0.000856. The van der Waals surface area contributed by atoms with Gasteiger partial charge in [0.05, 0.1) is 7.11 Å². The van der Waals surface area contributed by atoms with E-state index in [1.165, 1.54) is 29.6 Å². The maximum Gasteiger partial charge on any atom is 0.251 e. The lowest BCUT2D eigenvalue weighted by molar-refractivity contribution is 0.0950. The van der Waals surface area contributed by atoms with Gasteiger partial charge < -0.3 is 10.1 Å². The molecule has 156 valence electrons. The second-order valence-electron chi connectivity index (χ2n) is 6.75. The second-order valence-corrected chi connectivity index (χ2v) is 9.50. The van der Waals surface area contributed by atoms with Crippen molar-refractivity contribution in [1.29, 1.82) is 0 Å². The van der Waals surface area contributed by atoms with Crippen LogP contribution < -0.4 is 10.1 Å². The molecule has 0 bridgehead atoms. The fourth-order valence-electron chi connectivity index (χ4n) is 3.21. The standard InChI is InChI=1S/C20H22Cl2N2O4S/c1-28-18-8-6-14(11-19(18)29(26,27)24-9-3-2-4-10-24)20(25)23-13-15-5-7-16(21)12-17(15)22/h5-8,11-12H,2-4,9-10,13H2,1H3,(H,23,25). The maximum absolute atomic E-state index is 13.1. The zero-order valence-corrected chi connectivity index (χ0v) is 18.3. The monoisotopic (exact) mass is 456 g/mol. The molecule has 0 spiro atoms. The average molecular weight is 457 g/mol. The molecule has 0 radical (unpaired) electrons. The normalized spacial score (nSPS) is 15.1. The lowest BCUT2D eigenvalue weighted by atomic mass is 10.2. The topological polar surface area (TPSA) is 75.7 Å². The molecule has 1 aliphatic heterocycles. The summed E-state index contributed by atoms with van der Waals surface area (Å²) in [5.74, 6) is -0.193. The lowest BCUT2D eigenvalue weighted by Gasteiger charge is -2.26. The predicted octanol–water partition coefficient (Wildman–Crippen LogP) is 4.11. The Morgan fingerprint density at radius 1 is 1.10 bits per heavy atom. The lowest BCUT2D eigenvalue weighted by Crippen LogP contribution is -2.36. The van der Waals surface area contributed by atoms with E-state index in [0.717, 1.165) is 19.3 Å². The summed E-state index contributed by atoms with van der Waals surface area (Å²) in [7, 11) is -2.34. The molecule has 1 aliphatic rings. The van der Waals surface area contributed by atoms with E-state index in [4.69, 9.17) is 27.9 Å². The molecule has 2 aromatic rings. The van der Waals surface area contributed by atoms with E-state index in [-0.39, 0.29) is 22.8 Å². The molecule has 0 unspecified atom stereocenters. The molecule has 3 rings (SSSR count). The minimum atomic E-state index is -3.75. The first-order valence-corrected chi connectivity index (χ1v) is 11.4. The third-order valence-electron chi connectivity index (χ3n) is 4.81. The van der Waals surface area contributed by atoms with Crippen molar-refractivity contribution in [3.63, 3.8) is 0 Å². The SMILES string of the molecule is COc1ccc(C(=O)NCc2ccc(Cl)cc2Cl)cc1S(=O)(=O)N1CCCCC1. The molecule has 29 heavy (non-hydrogen) atoms. The number of hydrogen-bond donors (Lipinski definition) is 1. The number of nitrogens with zero attached hydrogens (tertiary/aromatic N) is 1. The number of benzene rings is 2. The Labute approximate surface area is 180 Å². The van der Waals surface area contributed by atoms with E-state index in [1.54, 1.807) is 18.2 Å². The summed E-state index contributed by atoms with van der Waals surface area (Å²) in [6, 6.07) is 9.41. The van der Waals surface area contributed by atoms with Crippen LogP contribution in [0.4, 0.5) is 0 Å². The summed E-state index contributed by atoms with van der Waals surface area (Å²) >= 11 is 12.0. The number of carbonyl (C=O) groups excluding carboxylic acids is 1. The zero-order valence-electron chi connectivity index (χ0n) is 16.0. The van der Waals surface area contributed by atoms with Gasteiger partial charge in [0.2, 0.25) is 10.0 Å². The number of rotatable bonds is 6. The first-order chi connectivity index (χ1) is 13.8. The van der Waals surface area contributed by atoms with E-state index in [1.807, 2.05) is 0 Å². The second kappa shape index (κ2) is 9.34. The van der Waals surface area contributed by atoms with Crippen LogP contribution in [0, 0.1) is 0 Å². The van der Waals surface area contributed by atoms with E-state index in [2.05, 4.69) is 5.32 Å². The summed E-state index contributed by atoms with van der Waals surface area (Å²) in [4.78, 5) is 12.6. The van der Waals surface area contributed by atoms with Crippen LogP contribution in [0.3, 0.4) is 0 Å². The van der Waals surface area contributed by atoms with Crippen LogP contribution >= 0.6 is 23.2 Å². The Morgan fingerprint density at radius 3 is 2.48 bits per heavy atom. The summed E-state index contributed by atoms with van der Waals surface area (Å²) in [6.45, 7) is 1.13. The van der Waals surface area contributed by atoms with Crippen LogP contribution in [-0.2, 0) is 16.6 Å².